The van der Waals surface area contributed by atoms with Crippen LogP contribution in [0.25, 0.3) is 0 Å². The summed E-state index contributed by atoms with van der Waals surface area (Å²) in [6, 6.07) is 0.476. The summed E-state index contributed by atoms with van der Waals surface area (Å²) in [6.07, 6.45) is 8.00. The van der Waals surface area contributed by atoms with Crippen LogP contribution in [-0.2, 0) is 6.42 Å². The zero-order valence-electron chi connectivity index (χ0n) is 11.2. The molecule has 1 N–H and O–H groups in total. The fourth-order valence-electron chi connectivity index (χ4n) is 2.86. The molecule has 18 heavy (non-hydrogen) atoms. The largest absolute Gasteiger partial charge is 0.318 e. The highest BCUT2D eigenvalue weighted by Crippen LogP contribution is 2.31. The minimum absolute atomic E-state index is 0.476. The molecule has 2 atom stereocenters. The van der Waals surface area contributed by atoms with E-state index < -0.39 is 0 Å². The van der Waals surface area contributed by atoms with E-state index in [4.69, 9.17) is 0 Å². The quantitative estimate of drug-likeness (QED) is 0.894. The predicted octanol–water partition coefficient (Wildman–Crippen LogP) is 2.83. The lowest BCUT2D eigenvalue weighted by Crippen LogP contribution is -2.38. The number of fused-ring (bicyclic) bond motifs is 1. The third kappa shape index (κ3) is 2.37. The fourth-order valence-corrected chi connectivity index (χ4v) is 3.81. The highest BCUT2D eigenvalue weighted by molar-refractivity contribution is 7.99. The SMILES string of the molecule is CC1Nn2c(CC3CCCCC3)nnc2SC1C. The van der Waals surface area contributed by atoms with Crippen LogP contribution in [0.15, 0.2) is 5.16 Å². The minimum atomic E-state index is 0.476. The molecule has 5 heteroatoms. The van der Waals surface area contributed by atoms with Crippen molar-refractivity contribution in [2.45, 2.75) is 68.8 Å². The smallest absolute Gasteiger partial charge is 0.210 e. The maximum atomic E-state index is 4.39. The molecule has 3 rings (SSSR count). The van der Waals surface area contributed by atoms with Crippen molar-refractivity contribution in [3.8, 4) is 0 Å². The van der Waals surface area contributed by atoms with E-state index in [1.54, 1.807) is 0 Å². The molecule has 0 amide bonds. The van der Waals surface area contributed by atoms with Crippen molar-refractivity contribution in [3.63, 3.8) is 0 Å². The molecule has 0 spiro atoms. The molecule has 1 aromatic heterocycles. The van der Waals surface area contributed by atoms with Crippen molar-refractivity contribution in [1.82, 2.24) is 14.9 Å². The first kappa shape index (κ1) is 12.3. The van der Waals surface area contributed by atoms with E-state index >= 15 is 0 Å². The summed E-state index contributed by atoms with van der Waals surface area (Å²) in [5, 5.41) is 10.3. The molecular weight excluding hydrogens is 244 g/mol. The lowest BCUT2D eigenvalue weighted by Gasteiger charge is -2.29. The Hall–Kier alpha value is -0.710. The highest BCUT2D eigenvalue weighted by Gasteiger charge is 2.27. The first-order valence-electron chi connectivity index (χ1n) is 7.11. The summed E-state index contributed by atoms with van der Waals surface area (Å²) in [6.45, 7) is 4.46. The summed E-state index contributed by atoms with van der Waals surface area (Å²) in [5.41, 5.74) is 3.52. The average Bonchev–Trinajstić information content (AvgIpc) is 2.74. The van der Waals surface area contributed by atoms with Crippen LogP contribution in [0.2, 0.25) is 0 Å². The second-order valence-corrected chi connectivity index (χ2v) is 7.03. The van der Waals surface area contributed by atoms with Gasteiger partial charge in [0.05, 0.1) is 6.04 Å². The first-order valence-corrected chi connectivity index (χ1v) is 7.99. The van der Waals surface area contributed by atoms with Gasteiger partial charge < -0.3 is 5.43 Å². The molecule has 2 unspecified atom stereocenters. The fraction of sp³-hybridized carbons (Fsp3) is 0.846. The molecule has 0 aromatic carbocycles. The molecule has 2 heterocycles. The molecule has 100 valence electrons. The summed E-state index contributed by atoms with van der Waals surface area (Å²) >= 11 is 1.83. The Bertz CT molecular complexity index is 411. The normalized spacial score (nSPS) is 28.8. The molecule has 1 saturated carbocycles. The summed E-state index contributed by atoms with van der Waals surface area (Å²) in [5.74, 6) is 1.94. The number of rotatable bonds is 2. The van der Waals surface area contributed by atoms with Crippen LogP contribution in [0.3, 0.4) is 0 Å². The Balaban J connectivity index is 1.73. The molecule has 4 nitrogen and oxygen atoms in total. The zero-order chi connectivity index (χ0) is 12.5. The van der Waals surface area contributed by atoms with E-state index in [1.807, 2.05) is 11.8 Å². The highest BCUT2D eigenvalue weighted by atomic mass is 32.2. The first-order chi connectivity index (χ1) is 8.74. The molecule has 0 saturated heterocycles. The van der Waals surface area contributed by atoms with Gasteiger partial charge in [-0.05, 0) is 12.8 Å². The maximum Gasteiger partial charge on any atom is 0.210 e. The third-order valence-electron chi connectivity index (χ3n) is 4.22. The monoisotopic (exact) mass is 266 g/mol. The van der Waals surface area contributed by atoms with Gasteiger partial charge in [0.15, 0.2) is 5.82 Å². The van der Waals surface area contributed by atoms with Crippen LogP contribution in [0.4, 0.5) is 0 Å². The lowest BCUT2D eigenvalue weighted by atomic mass is 9.87. The molecule has 0 radical (unpaired) electrons. The molecule has 2 aliphatic rings. The number of hydrogen-bond donors (Lipinski definition) is 1. The third-order valence-corrected chi connectivity index (χ3v) is 5.48. The van der Waals surface area contributed by atoms with Gasteiger partial charge in [0.1, 0.15) is 0 Å². The Morgan fingerprint density at radius 3 is 2.78 bits per heavy atom. The van der Waals surface area contributed by atoms with Crippen LogP contribution in [0, 0.1) is 5.92 Å². The Morgan fingerprint density at radius 2 is 2.00 bits per heavy atom. The summed E-state index contributed by atoms with van der Waals surface area (Å²) in [4.78, 5) is 0. The molecule has 1 aliphatic carbocycles. The topological polar surface area (TPSA) is 42.7 Å². The molecule has 0 bridgehead atoms. The van der Waals surface area contributed by atoms with Gasteiger partial charge in [-0.25, -0.2) is 4.68 Å². The van der Waals surface area contributed by atoms with Gasteiger partial charge in [0.25, 0.3) is 0 Å². The van der Waals surface area contributed by atoms with Gasteiger partial charge in [-0.15, -0.1) is 10.2 Å². The maximum absolute atomic E-state index is 4.39. The van der Waals surface area contributed by atoms with Crippen molar-refractivity contribution in [1.29, 1.82) is 0 Å². The summed E-state index contributed by atoms with van der Waals surface area (Å²) < 4.78 is 2.13. The Morgan fingerprint density at radius 1 is 1.22 bits per heavy atom. The minimum Gasteiger partial charge on any atom is -0.318 e. The number of nitrogens with one attached hydrogen (secondary N) is 1. The van der Waals surface area contributed by atoms with Crippen molar-refractivity contribution in [3.05, 3.63) is 5.82 Å². The Kier molecular flexibility index (Phi) is 3.50. The average molecular weight is 266 g/mol. The zero-order valence-corrected chi connectivity index (χ0v) is 12.0. The van der Waals surface area contributed by atoms with Gasteiger partial charge in [0.2, 0.25) is 5.16 Å². The van der Waals surface area contributed by atoms with Gasteiger partial charge >= 0.3 is 0 Å². The lowest BCUT2D eigenvalue weighted by molar-refractivity contribution is 0.347. The van der Waals surface area contributed by atoms with E-state index in [2.05, 4.69) is 34.1 Å². The number of nitrogens with zero attached hydrogens (tertiary/aromatic N) is 3. The molecule has 1 aliphatic heterocycles. The van der Waals surface area contributed by atoms with Crippen LogP contribution < -0.4 is 5.43 Å². The second kappa shape index (κ2) is 5.11. The number of aromatic nitrogens is 3. The van der Waals surface area contributed by atoms with Gasteiger partial charge in [-0.1, -0.05) is 50.8 Å². The molecule has 1 fully saturated rings. The van der Waals surface area contributed by atoms with Crippen molar-refractivity contribution in [2.75, 3.05) is 5.43 Å². The van der Waals surface area contributed by atoms with Crippen LogP contribution in [-0.4, -0.2) is 26.2 Å². The van der Waals surface area contributed by atoms with E-state index in [0.717, 1.165) is 23.3 Å². The van der Waals surface area contributed by atoms with E-state index in [-0.39, 0.29) is 0 Å². The molecule has 1 aromatic rings. The van der Waals surface area contributed by atoms with Crippen LogP contribution >= 0.6 is 11.8 Å². The van der Waals surface area contributed by atoms with Crippen molar-refractivity contribution >= 4 is 11.8 Å². The Labute approximate surface area is 113 Å². The van der Waals surface area contributed by atoms with E-state index in [1.165, 1.54) is 32.1 Å². The number of hydrogen-bond acceptors (Lipinski definition) is 4. The second-order valence-electron chi connectivity index (χ2n) is 5.68. The van der Waals surface area contributed by atoms with Crippen molar-refractivity contribution in [2.24, 2.45) is 5.92 Å². The van der Waals surface area contributed by atoms with Gasteiger partial charge in [0, 0.05) is 11.7 Å². The number of thioether (sulfide) groups is 1. The van der Waals surface area contributed by atoms with Gasteiger partial charge in [-0.3, -0.25) is 0 Å². The standard InChI is InChI=1S/C13H22N4S/c1-9-10(2)18-13-15-14-12(17(13)16-9)8-11-6-4-3-5-7-11/h9-11,16H,3-8H2,1-2H3. The molecular formula is C13H22N4S. The van der Waals surface area contributed by atoms with E-state index in [0.29, 0.717) is 11.3 Å². The van der Waals surface area contributed by atoms with E-state index in [9.17, 15) is 0 Å². The predicted molar refractivity (Wildman–Crippen MR) is 74.4 cm³/mol. The van der Waals surface area contributed by atoms with Crippen molar-refractivity contribution < 1.29 is 0 Å². The van der Waals surface area contributed by atoms with Crippen LogP contribution in [0.1, 0.15) is 51.8 Å². The van der Waals surface area contributed by atoms with Gasteiger partial charge in [-0.2, -0.15) is 0 Å². The summed E-state index contributed by atoms with van der Waals surface area (Å²) in [7, 11) is 0. The van der Waals surface area contributed by atoms with Crippen LogP contribution in [0.5, 0.6) is 0 Å².